The fourth-order valence-electron chi connectivity index (χ4n) is 2.14. The Balaban J connectivity index is 2.00. The number of thiazole rings is 1. The second-order valence-electron chi connectivity index (χ2n) is 4.48. The van der Waals surface area contributed by atoms with E-state index in [4.69, 9.17) is 10.5 Å². The molecule has 6 heteroatoms. The van der Waals surface area contributed by atoms with E-state index in [9.17, 15) is 0 Å². The first-order valence-corrected chi connectivity index (χ1v) is 7.26. The third-order valence-corrected chi connectivity index (χ3v) is 4.35. The van der Waals surface area contributed by atoms with Gasteiger partial charge in [0, 0.05) is 17.1 Å². The molecule has 2 N–H and O–H groups in total. The van der Waals surface area contributed by atoms with Gasteiger partial charge in [-0.2, -0.15) is 0 Å². The Bertz CT molecular complexity index is 747. The molecule has 2 aromatic heterocycles. The summed E-state index contributed by atoms with van der Waals surface area (Å²) in [5, 5.41) is 1.05. The standard InChI is InChI=1S/C14H16N4OS/c1-3-10-7-16-13(20-10)8-18-12-5-4-9(19-2)6-11(12)17-14(18)15/h4-7H,3,8H2,1-2H3,(H2,15,17). The van der Waals surface area contributed by atoms with E-state index in [-0.39, 0.29) is 0 Å². The number of hydrogen-bond acceptors (Lipinski definition) is 5. The summed E-state index contributed by atoms with van der Waals surface area (Å²) in [6.45, 7) is 2.78. The minimum atomic E-state index is 0.501. The van der Waals surface area contributed by atoms with Crippen LogP contribution in [0, 0.1) is 0 Å². The van der Waals surface area contributed by atoms with E-state index in [2.05, 4.69) is 16.9 Å². The van der Waals surface area contributed by atoms with Gasteiger partial charge in [0.1, 0.15) is 10.8 Å². The lowest BCUT2D eigenvalue weighted by Crippen LogP contribution is -2.04. The lowest BCUT2D eigenvalue weighted by molar-refractivity contribution is 0.415. The zero-order valence-electron chi connectivity index (χ0n) is 11.5. The molecule has 1 aromatic carbocycles. The molecule has 5 nitrogen and oxygen atoms in total. The van der Waals surface area contributed by atoms with Crippen LogP contribution in [0.2, 0.25) is 0 Å². The number of nitrogens with zero attached hydrogens (tertiary/aromatic N) is 3. The van der Waals surface area contributed by atoms with Crippen molar-refractivity contribution in [2.24, 2.45) is 0 Å². The Hall–Kier alpha value is -2.08. The smallest absolute Gasteiger partial charge is 0.201 e. The molecule has 0 aliphatic rings. The van der Waals surface area contributed by atoms with Crippen LogP contribution in [0.4, 0.5) is 5.95 Å². The van der Waals surface area contributed by atoms with E-state index in [1.807, 2.05) is 29.0 Å². The highest BCUT2D eigenvalue weighted by atomic mass is 32.1. The zero-order chi connectivity index (χ0) is 14.1. The highest BCUT2D eigenvalue weighted by Gasteiger charge is 2.11. The Labute approximate surface area is 121 Å². The molecule has 20 heavy (non-hydrogen) atoms. The SMILES string of the molecule is CCc1cnc(Cn2c(N)nc3cc(OC)ccc32)s1. The number of nitrogens with two attached hydrogens (primary N) is 1. The third kappa shape index (κ3) is 2.22. The molecule has 0 spiro atoms. The lowest BCUT2D eigenvalue weighted by Gasteiger charge is -2.04. The van der Waals surface area contributed by atoms with E-state index >= 15 is 0 Å². The molecule has 0 saturated heterocycles. The van der Waals surface area contributed by atoms with Gasteiger partial charge in [-0.15, -0.1) is 11.3 Å². The Morgan fingerprint density at radius 2 is 2.25 bits per heavy atom. The third-order valence-electron chi connectivity index (χ3n) is 3.23. The van der Waals surface area contributed by atoms with Crippen LogP contribution in [-0.2, 0) is 13.0 Å². The molecule has 0 aliphatic carbocycles. The van der Waals surface area contributed by atoms with Gasteiger partial charge in [-0.1, -0.05) is 6.92 Å². The van der Waals surface area contributed by atoms with Crippen LogP contribution in [0.15, 0.2) is 24.4 Å². The summed E-state index contributed by atoms with van der Waals surface area (Å²) in [6, 6.07) is 5.78. The monoisotopic (exact) mass is 288 g/mol. The molecule has 2 heterocycles. The minimum absolute atomic E-state index is 0.501. The van der Waals surface area contributed by atoms with E-state index < -0.39 is 0 Å². The van der Waals surface area contributed by atoms with E-state index in [1.165, 1.54) is 4.88 Å². The Kier molecular flexibility index (Phi) is 3.31. The van der Waals surface area contributed by atoms with Crippen LogP contribution >= 0.6 is 11.3 Å². The zero-order valence-corrected chi connectivity index (χ0v) is 12.3. The molecule has 104 valence electrons. The summed E-state index contributed by atoms with van der Waals surface area (Å²) in [4.78, 5) is 10.1. The number of aryl methyl sites for hydroxylation is 1. The van der Waals surface area contributed by atoms with Crippen molar-refractivity contribution in [3.63, 3.8) is 0 Å². The van der Waals surface area contributed by atoms with Gasteiger partial charge in [0.05, 0.1) is 24.7 Å². The number of fused-ring (bicyclic) bond motifs is 1. The summed E-state index contributed by atoms with van der Waals surface area (Å²) in [5.41, 5.74) is 7.86. The Morgan fingerprint density at radius 1 is 1.40 bits per heavy atom. The van der Waals surface area contributed by atoms with Crippen molar-refractivity contribution in [3.05, 3.63) is 34.3 Å². The molecule has 0 saturated carbocycles. The summed E-state index contributed by atoms with van der Waals surface area (Å²) in [7, 11) is 1.64. The van der Waals surface area contributed by atoms with Gasteiger partial charge in [-0.3, -0.25) is 0 Å². The van der Waals surface area contributed by atoms with Crippen molar-refractivity contribution >= 4 is 28.3 Å². The maximum absolute atomic E-state index is 6.02. The molecule has 3 aromatic rings. The van der Waals surface area contributed by atoms with Gasteiger partial charge in [0.2, 0.25) is 5.95 Å². The summed E-state index contributed by atoms with van der Waals surface area (Å²) in [6.07, 6.45) is 2.94. The second kappa shape index (κ2) is 5.13. The van der Waals surface area contributed by atoms with Crippen LogP contribution in [0.1, 0.15) is 16.8 Å². The van der Waals surface area contributed by atoms with Gasteiger partial charge in [-0.05, 0) is 18.6 Å². The molecular formula is C14H16N4OS. The summed E-state index contributed by atoms with van der Waals surface area (Å²) in [5.74, 6) is 1.28. The van der Waals surface area contributed by atoms with Crippen molar-refractivity contribution in [3.8, 4) is 5.75 Å². The van der Waals surface area contributed by atoms with Crippen molar-refractivity contribution in [1.82, 2.24) is 14.5 Å². The normalized spacial score (nSPS) is 11.1. The first kappa shape index (κ1) is 12.9. The number of imidazole rings is 1. The number of rotatable bonds is 4. The maximum Gasteiger partial charge on any atom is 0.201 e. The highest BCUT2D eigenvalue weighted by molar-refractivity contribution is 7.11. The van der Waals surface area contributed by atoms with Crippen LogP contribution in [0.5, 0.6) is 5.75 Å². The highest BCUT2D eigenvalue weighted by Crippen LogP contribution is 2.24. The number of benzene rings is 1. The Morgan fingerprint density at radius 3 is 2.95 bits per heavy atom. The first-order chi connectivity index (χ1) is 9.71. The number of nitrogen functional groups attached to an aromatic ring is 1. The molecule has 0 fully saturated rings. The molecule has 0 atom stereocenters. The van der Waals surface area contributed by atoms with Gasteiger partial charge < -0.3 is 15.0 Å². The minimum Gasteiger partial charge on any atom is -0.497 e. The lowest BCUT2D eigenvalue weighted by atomic mass is 10.3. The number of hydrogen-bond donors (Lipinski definition) is 1. The van der Waals surface area contributed by atoms with Crippen molar-refractivity contribution in [2.45, 2.75) is 19.9 Å². The first-order valence-electron chi connectivity index (χ1n) is 6.44. The van der Waals surface area contributed by atoms with E-state index in [0.717, 1.165) is 28.2 Å². The van der Waals surface area contributed by atoms with Gasteiger partial charge in [0.15, 0.2) is 0 Å². The molecule has 0 unspecified atom stereocenters. The van der Waals surface area contributed by atoms with E-state index in [1.54, 1.807) is 18.4 Å². The van der Waals surface area contributed by atoms with Gasteiger partial charge >= 0.3 is 0 Å². The van der Waals surface area contributed by atoms with Crippen molar-refractivity contribution in [1.29, 1.82) is 0 Å². The van der Waals surface area contributed by atoms with Crippen molar-refractivity contribution < 1.29 is 4.74 Å². The summed E-state index contributed by atoms with van der Waals surface area (Å²) >= 11 is 1.72. The molecule has 0 aliphatic heterocycles. The molecule has 0 bridgehead atoms. The van der Waals surface area contributed by atoms with Crippen LogP contribution in [0.25, 0.3) is 11.0 Å². The molecule has 0 amide bonds. The maximum atomic E-state index is 6.02. The predicted octanol–water partition coefficient (Wildman–Crippen LogP) is 2.69. The largest absolute Gasteiger partial charge is 0.497 e. The second-order valence-corrected chi connectivity index (χ2v) is 5.68. The van der Waals surface area contributed by atoms with E-state index in [0.29, 0.717) is 12.5 Å². The number of anilines is 1. The number of aromatic nitrogens is 3. The van der Waals surface area contributed by atoms with Crippen LogP contribution in [0.3, 0.4) is 0 Å². The average molecular weight is 288 g/mol. The summed E-state index contributed by atoms with van der Waals surface area (Å²) < 4.78 is 7.19. The topological polar surface area (TPSA) is 66.0 Å². The number of methoxy groups -OCH3 is 1. The fraction of sp³-hybridized carbons (Fsp3) is 0.286. The number of ether oxygens (including phenoxy) is 1. The molecule has 3 rings (SSSR count). The molecule has 0 radical (unpaired) electrons. The quantitative estimate of drug-likeness (QED) is 0.801. The fourth-order valence-corrected chi connectivity index (χ4v) is 2.99. The van der Waals surface area contributed by atoms with Crippen LogP contribution < -0.4 is 10.5 Å². The van der Waals surface area contributed by atoms with Gasteiger partial charge in [0.25, 0.3) is 0 Å². The van der Waals surface area contributed by atoms with Crippen molar-refractivity contribution in [2.75, 3.05) is 12.8 Å². The predicted molar refractivity (Wildman–Crippen MR) is 81.3 cm³/mol. The van der Waals surface area contributed by atoms with Gasteiger partial charge in [-0.25, -0.2) is 9.97 Å². The average Bonchev–Trinajstić information content (AvgIpc) is 3.04. The molecular weight excluding hydrogens is 272 g/mol. The van der Waals surface area contributed by atoms with Crippen LogP contribution in [-0.4, -0.2) is 21.6 Å².